The molecular weight excluding hydrogens is 313 g/mol. The maximum atomic E-state index is 12.9. The number of aryl methyl sites for hydroxylation is 1. The van der Waals surface area contributed by atoms with Gasteiger partial charge in [0.05, 0.1) is 6.54 Å². The van der Waals surface area contributed by atoms with Crippen LogP contribution in [0.4, 0.5) is 4.39 Å². The Morgan fingerprint density at radius 2 is 1.88 bits per heavy atom. The maximum absolute atomic E-state index is 12.9. The number of nitrogens with one attached hydrogen (secondary N) is 1. The number of nitrogens with zero attached hydrogens (tertiary/aromatic N) is 2. The molecule has 130 valence electrons. The molecule has 0 spiro atoms. The molecule has 1 fully saturated rings. The first-order valence-electron chi connectivity index (χ1n) is 7.93. The summed E-state index contributed by atoms with van der Waals surface area (Å²) in [5.41, 5.74) is 0.864. The Morgan fingerprint density at radius 3 is 2.46 bits per heavy atom. The van der Waals surface area contributed by atoms with E-state index < -0.39 is 6.04 Å². The molecule has 1 aromatic carbocycles. The van der Waals surface area contributed by atoms with Gasteiger partial charge in [0.15, 0.2) is 0 Å². The van der Waals surface area contributed by atoms with Gasteiger partial charge in [-0.15, -0.1) is 0 Å². The van der Waals surface area contributed by atoms with Crippen molar-refractivity contribution < 1.29 is 18.8 Å². The second-order valence-corrected chi connectivity index (χ2v) is 5.81. The smallest absolute Gasteiger partial charge is 0.244 e. The first kappa shape index (κ1) is 17.9. The number of amides is 3. The molecule has 0 saturated carbocycles. The number of rotatable bonds is 4. The lowest BCUT2D eigenvalue weighted by Gasteiger charge is -2.40. The summed E-state index contributed by atoms with van der Waals surface area (Å²) in [5.74, 6) is -0.848. The van der Waals surface area contributed by atoms with Gasteiger partial charge in [-0.1, -0.05) is 12.1 Å². The molecule has 0 radical (unpaired) electrons. The van der Waals surface area contributed by atoms with Gasteiger partial charge in [-0.25, -0.2) is 4.39 Å². The summed E-state index contributed by atoms with van der Waals surface area (Å²) < 4.78 is 12.9. The predicted molar refractivity (Wildman–Crippen MR) is 86.5 cm³/mol. The van der Waals surface area contributed by atoms with Gasteiger partial charge in [0.1, 0.15) is 11.9 Å². The molecule has 6 nitrogen and oxygen atoms in total. The van der Waals surface area contributed by atoms with Crippen molar-refractivity contribution in [2.24, 2.45) is 0 Å². The van der Waals surface area contributed by atoms with Crippen LogP contribution in [-0.2, 0) is 20.8 Å². The van der Waals surface area contributed by atoms with Crippen LogP contribution in [0.2, 0.25) is 0 Å². The van der Waals surface area contributed by atoms with Crippen molar-refractivity contribution in [1.82, 2.24) is 15.1 Å². The Morgan fingerprint density at radius 1 is 1.21 bits per heavy atom. The molecule has 0 bridgehead atoms. The third kappa shape index (κ3) is 4.31. The highest BCUT2D eigenvalue weighted by molar-refractivity contribution is 5.89. The van der Waals surface area contributed by atoms with Crippen LogP contribution in [0.15, 0.2) is 24.3 Å². The number of benzene rings is 1. The fourth-order valence-corrected chi connectivity index (χ4v) is 2.80. The van der Waals surface area contributed by atoms with Crippen LogP contribution >= 0.6 is 0 Å². The van der Waals surface area contributed by atoms with Crippen LogP contribution in [0, 0.1) is 5.82 Å². The summed E-state index contributed by atoms with van der Waals surface area (Å²) in [5, 5.41) is 2.55. The molecule has 7 heteroatoms. The van der Waals surface area contributed by atoms with E-state index in [1.807, 2.05) is 0 Å². The zero-order chi connectivity index (χ0) is 17.7. The summed E-state index contributed by atoms with van der Waals surface area (Å²) in [7, 11) is 1.51. The molecule has 24 heavy (non-hydrogen) atoms. The van der Waals surface area contributed by atoms with Gasteiger partial charge >= 0.3 is 0 Å². The number of hydrogen-bond donors (Lipinski definition) is 1. The molecule has 1 saturated heterocycles. The third-order valence-electron chi connectivity index (χ3n) is 4.24. The molecule has 0 unspecified atom stereocenters. The molecular formula is C17H22FN3O3. The van der Waals surface area contributed by atoms with Crippen molar-refractivity contribution in [2.75, 3.05) is 26.7 Å². The van der Waals surface area contributed by atoms with Gasteiger partial charge in [-0.3, -0.25) is 14.4 Å². The summed E-state index contributed by atoms with van der Waals surface area (Å²) in [6.07, 6.45) is 0.714. The number of carbonyl (C=O) groups excluding carboxylic acids is 3. The maximum Gasteiger partial charge on any atom is 0.244 e. The highest BCUT2D eigenvalue weighted by Gasteiger charge is 2.35. The summed E-state index contributed by atoms with van der Waals surface area (Å²) in [4.78, 5) is 39.2. The van der Waals surface area contributed by atoms with Crippen molar-refractivity contribution in [3.05, 3.63) is 35.6 Å². The highest BCUT2D eigenvalue weighted by atomic mass is 19.1. The van der Waals surface area contributed by atoms with E-state index >= 15 is 0 Å². The van der Waals surface area contributed by atoms with Gasteiger partial charge in [0.2, 0.25) is 17.7 Å². The van der Waals surface area contributed by atoms with E-state index in [4.69, 9.17) is 0 Å². The molecule has 1 aromatic rings. The molecule has 2 rings (SSSR count). The monoisotopic (exact) mass is 335 g/mol. The fourth-order valence-electron chi connectivity index (χ4n) is 2.80. The van der Waals surface area contributed by atoms with Crippen LogP contribution in [-0.4, -0.2) is 60.2 Å². The van der Waals surface area contributed by atoms with E-state index in [2.05, 4.69) is 5.32 Å². The van der Waals surface area contributed by atoms with E-state index in [9.17, 15) is 18.8 Å². The molecule has 1 atom stereocenters. The predicted octanol–water partition coefficient (Wildman–Crippen LogP) is 0.564. The average Bonchev–Trinajstić information content (AvgIpc) is 2.59. The Labute approximate surface area is 140 Å². The topological polar surface area (TPSA) is 69.7 Å². The van der Waals surface area contributed by atoms with E-state index in [-0.39, 0.29) is 36.5 Å². The summed E-state index contributed by atoms with van der Waals surface area (Å²) in [6, 6.07) is 5.34. The first-order valence-corrected chi connectivity index (χ1v) is 7.93. The minimum Gasteiger partial charge on any atom is -0.357 e. The minimum atomic E-state index is -0.673. The Balaban J connectivity index is 2.01. The first-order chi connectivity index (χ1) is 11.4. The van der Waals surface area contributed by atoms with Gasteiger partial charge in [-0.2, -0.15) is 0 Å². The van der Waals surface area contributed by atoms with Crippen LogP contribution in [0.3, 0.4) is 0 Å². The number of piperazine rings is 1. The standard InChI is InChI=1S/C17H22FN3O3/c1-12(22)20-9-10-21(15(11-20)17(24)19-2)16(23)8-5-13-3-6-14(18)7-4-13/h3-4,6-7,15H,5,8-11H2,1-2H3,(H,19,24)/t15-/m1/s1. The highest BCUT2D eigenvalue weighted by Crippen LogP contribution is 2.14. The van der Waals surface area contributed by atoms with Crippen LogP contribution < -0.4 is 5.32 Å². The zero-order valence-corrected chi connectivity index (χ0v) is 13.9. The lowest BCUT2D eigenvalue weighted by atomic mass is 10.1. The quantitative estimate of drug-likeness (QED) is 0.874. The number of halogens is 1. The Bertz CT molecular complexity index is 618. The molecule has 1 heterocycles. The summed E-state index contributed by atoms with van der Waals surface area (Å²) >= 11 is 0. The Hall–Kier alpha value is -2.44. The number of hydrogen-bond acceptors (Lipinski definition) is 3. The SMILES string of the molecule is CNC(=O)[C@H]1CN(C(C)=O)CCN1C(=O)CCc1ccc(F)cc1. The van der Waals surface area contributed by atoms with E-state index in [0.717, 1.165) is 5.56 Å². The summed E-state index contributed by atoms with van der Waals surface area (Å²) in [6.45, 7) is 2.41. The van der Waals surface area contributed by atoms with E-state index in [1.54, 1.807) is 17.0 Å². The van der Waals surface area contributed by atoms with Gasteiger partial charge < -0.3 is 15.1 Å². The molecule has 1 aliphatic rings. The van der Waals surface area contributed by atoms with Crippen molar-refractivity contribution in [2.45, 2.75) is 25.8 Å². The third-order valence-corrected chi connectivity index (χ3v) is 4.24. The normalized spacial score (nSPS) is 17.5. The molecule has 0 aliphatic carbocycles. The van der Waals surface area contributed by atoms with Crippen LogP contribution in [0.25, 0.3) is 0 Å². The van der Waals surface area contributed by atoms with Crippen molar-refractivity contribution in [3.63, 3.8) is 0 Å². The molecule has 1 N–H and O–H groups in total. The Kier molecular flexibility index (Phi) is 5.89. The van der Waals surface area contributed by atoms with E-state index in [0.29, 0.717) is 19.5 Å². The average molecular weight is 335 g/mol. The van der Waals surface area contributed by atoms with Gasteiger partial charge in [-0.05, 0) is 24.1 Å². The van der Waals surface area contributed by atoms with Crippen molar-refractivity contribution in [1.29, 1.82) is 0 Å². The zero-order valence-electron chi connectivity index (χ0n) is 13.9. The van der Waals surface area contributed by atoms with Gasteiger partial charge in [0, 0.05) is 33.5 Å². The second-order valence-electron chi connectivity index (χ2n) is 5.81. The van der Waals surface area contributed by atoms with E-state index in [1.165, 1.54) is 31.0 Å². The fraction of sp³-hybridized carbons (Fsp3) is 0.471. The van der Waals surface area contributed by atoms with Crippen molar-refractivity contribution >= 4 is 17.7 Å². The number of carbonyl (C=O) groups is 3. The van der Waals surface area contributed by atoms with Crippen LogP contribution in [0.1, 0.15) is 18.9 Å². The lowest BCUT2D eigenvalue weighted by Crippen LogP contribution is -2.61. The van der Waals surface area contributed by atoms with Crippen molar-refractivity contribution in [3.8, 4) is 0 Å². The van der Waals surface area contributed by atoms with Crippen LogP contribution in [0.5, 0.6) is 0 Å². The largest absolute Gasteiger partial charge is 0.357 e. The second kappa shape index (κ2) is 7.90. The molecule has 0 aromatic heterocycles. The number of likely N-dealkylation sites (N-methyl/N-ethyl adjacent to an activating group) is 1. The minimum absolute atomic E-state index is 0.109. The lowest BCUT2D eigenvalue weighted by molar-refractivity contribution is -0.147. The van der Waals surface area contributed by atoms with Gasteiger partial charge in [0.25, 0.3) is 0 Å². The molecule has 3 amide bonds. The molecule has 1 aliphatic heterocycles.